The van der Waals surface area contributed by atoms with E-state index in [1.165, 1.54) is 5.56 Å². The number of hydrogen-bond acceptors (Lipinski definition) is 3. The first kappa shape index (κ1) is 16.9. The Kier molecular flexibility index (Phi) is 6.48. The molecule has 1 amide bonds. The lowest BCUT2D eigenvalue weighted by molar-refractivity contribution is -0.127. The smallest absolute Gasteiger partial charge is 0.260 e. The molecule has 0 spiro atoms. The van der Waals surface area contributed by atoms with E-state index in [1.54, 1.807) is 26.2 Å². The molecule has 2 aromatic carbocycles. The van der Waals surface area contributed by atoms with Crippen LogP contribution in [0.15, 0.2) is 54.6 Å². The lowest BCUT2D eigenvalue weighted by atomic mass is 10.1. The summed E-state index contributed by atoms with van der Waals surface area (Å²) in [5.41, 5.74) is 1.28. The average Bonchev–Trinajstić information content (AvgIpc) is 2.60. The van der Waals surface area contributed by atoms with E-state index in [2.05, 4.69) is 17.4 Å². The van der Waals surface area contributed by atoms with Gasteiger partial charge in [0.1, 0.15) is 0 Å². The fraction of sp³-hybridized carbons (Fsp3) is 0.316. The van der Waals surface area contributed by atoms with E-state index in [-0.39, 0.29) is 5.91 Å². The average molecular weight is 313 g/mol. The van der Waals surface area contributed by atoms with Crippen LogP contribution in [0.5, 0.6) is 11.5 Å². The number of amides is 1. The fourth-order valence-electron chi connectivity index (χ4n) is 2.25. The van der Waals surface area contributed by atoms with Crippen LogP contribution in [0.4, 0.5) is 0 Å². The molecule has 0 aliphatic heterocycles. The van der Waals surface area contributed by atoms with Crippen LogP contribution in [0.2, 0.25) is 0 Å². The molecular formula is C19H23NO3. The predicted octanol–water partition coefficient (Wildman–Crippen LogP) is 3.21. The van der Waals surface area contributed by atoms with Crippen molar-refractivity contribution in [3.8, 4) is 11.5 Å². The summed E-state index contributed by atoms with van der Waals surface area (Å²) < 4.78 is 10.9. The van der Waals surface area contributed by atoms with Gasteiger partial charge in [-0.3, -0.25) is 4.79 Å². The zero-order valence-corrected chi connectivity index (χ0v) is 13.6. The third-order valence-corrected chi connectivity index (χ3v) is 3.53. The van der Waals surface area contributed by atoms with Crippen LogP contribution < -0.4 is 14.8 Å². The molecule has 0 radical (unpaired) electrons. The molecule has 0 aliphatic rings. The molecule has 2 aromatic rings. The lowest BCUT2D eigenvalue weighted by Crippen LogP contribution is -2.37. The van der Waals surface area contributed by atoms with Crippen LogP contribution in [0.1, 0.15) is 18.9 Å². The van der Waals surface area contributed by atoms with Crippen molar-refractivity contribution < 1.29 is 14.3 Å². The SMILES string of the molecule is COc1ccccc1OC(C)C(=O)NCCCc1ccccc1. The summed E-state index contributed by atoms with van der Waals surface area (Å²) in [5.74, 6) is 1.07. The van der Waals surface area contributed by atoms with Crippen LogP contribution in [0.25, 0.3) is 0 Å². The molecule has 1 N–H and O–H groups in total. The van der Waals surface area contributed by atoms with Crippen molar-refractivity contribution in [2.24, 2.45) is 0 Å². The molecule has 4 heteroatoms. The summed E-state index contributed by atoms with van der Waals surface area (Å²) in [6.45, 7) is 2.37. The molecule has 4 nitrogen and oxygen atoms in total. The highest BCUT2D eigenvalue weighted by atomic mass is 16.5. The molecule has 1 atom stereocenters. The number of benzene rings is 2. The maximum atomic E-state index is 12.1. The van der Waals surface area contributed by atoms with E-state index < -0.39 is 6.10 Å². The maximum absolute atomic E-state index is 12.1. The number of carbonyl (C=O) groups is 1. The highest BCUT2D eigenvalue weighted by molar-refractivity contribution is 5.80. The second-order valence-corrected chi connectivity index (χ2v) is 5.29. The van der Waals surface area contributed by atoms with Crippen molar-refractivity contribution in [3.05, 3.63) is 60.2 Å². The van der Waals surface area contributed by atoms with E-state index in [0.717, 1.165) is 12.8 Å². The van der Waals surface area contributed by atoms with Crippen LogP contribution >= 0.6 is 0 Å². The molecule has 0 bridgehead atoms. The Morgan fingerprint density at radius 2 is 1.70 bits per heavy atom. The molecule has 0 saturated carbocycles. The summed E-state index contributed by atoms with van der Waals surface area (Å²) in [5, 5.41) is 2.91. The topological polar surface area (TPSA) is 47.6 Å². The highest BCUT2D eigenvalue weighted by Gasteiger charge is 2.15. The van der Waals surface area contributed by atoms with Crippen molar-refractivity contribution in [2.75, 3.05) is 13.7 Å². The molecule has 0 aromatic heterocycles. The lowest BCUT2D eigenvalue weighted by Gasteiger charge is -2.16. The van der Waals surface area contributed by atoms with Gasteiger partial charge in [-0.15, -0.1) is 0 Å². The van der Waals surface area contributed by atoms with Gasteiger partial charge in [0, 0.05) is 6.54 Å². The van der Waals surface area contributed by atoms with Gasteiger partial charge < -0.3 is 14.8 Å². The molecular weight excluding hydrogens is 290 g/mol. The third-order valence-electron chi connectivity index (χ3n) is 3.53. The second-order valence-electron chi connectivity index (χ2n) is 5.29. The quantitative estimate of drug-likeness (QED) is 0.761. The first-order chi connectivity index (χ1) is 11.2. The van der Waals surface area contributed by atoms with Gasteiger partial charge in [-0.05, 0) is 37.5 Å². The van der Waals surface area contributed by atoms with Gasteiger partial charge >= 0.3 is 0 Å². The van der Waals surface area contributed by atoms with Gasteiger partial charge in [0.05, 0.1) is 7.11 Å². The second kappa shape index (κ2) is 8.83. The third kappa shape index (κ3) is 5.33. The van der Waals surface area contributed by atoms with Gasteiger partial charge in [-0.25, -0.2) is 0 Å². The molecule has 0 aliphatic carbocycles. The molecule has 122 valence electrons. The Labute approximate surface area is 137 Å². The van der Waals surface area contributed by atoms with Gasteiger partial charge in [-0.2, -0.15) is 0 Å². The number of carbonyl (C=O) groups excluding carboxylic acids is 1. The van der Waals surface area contributed by atoms with Gasteiger partial charge in [-0.1, -0.05) is 42.5 Å². The molecule has 2 rings (SSSR count). The van der Waals surface area contributed by atoms with E-state index in [4.69, 9.17) is 9.47 Å². The largest absolute Gasteiger partial charge is 0.493 e. The number of aryl methyl sites for hydroxylation is 1. The summed E-state index contributed by atoms with van der Waals surface area (Å²) in [7, 11) is 1.58. The number of nitrogens with one attached hydrogen (secondary N) is 1. The van der Waals surface area contributed by atoms with E-state index in [1.807, 2.05) is 30.3 Å². The van der Waals surface area contributed by atoms with Crippen molar-refractivity contribution >= 4 is 5.91 Å². The zero-order valence-electron chi connectivity index (χ0n) is 13.6. The van der Waals surface area contributed by atoms with Crippen molar-refractivity contribution in [3.63, 3.8) is 0 Å². The number of hydrogen-bond donors (Lipinski definition) is 1. The maximum Gasteiger partial charge on any atom is 0.260 e. The molecule has 1 unspecified atom stereocenters. The monoisotopic (exact) mass is 313 g/mol. The molecule has 0 fully saturated rings. The minimum Gasteiger partial charge on any atom is -0.493 e. The van der Waals surface area contributed by atoms with Crippen molar-refractivity contribution in [1.29, 1.82) is 0 Å². The van der Waals surface area contributed by atoms with E-state index in [0.29, 0.717) is 18.0 Å². The Morgan fingerprint density at radius 3 is 2.39 bits per heavy atom. The highest BCUT2D eigenvalue weighted by Crippen LogP contribution is 2.26. The normalized spacial score (nSPS) is 11.6. The fourth-order valence-corrected chi connectivity index (χ4v) is 2.25. The first-order valence-corrected chi connectivity index (χ1v) is 7.82. The van der Waals surface area contributed by atoms with Gasteiger partial charge in [0.15, 0.2) is 17.6 Å². The molecule has 23 heavy (non-hydrogen) atoms. The Balaban J connectivity index is 1.74. The van der Waals surface area contributed by atoms with Crippen molar-refractivity contribution in [1.82, 2.24) is 5.32 Å². The van der Waals surface area contributed by atoms with Gasteiger partial charge in [0.2, 0.25) is 0 Å². The zero-order chi connectivity index (χ0) is 16.5. The molecule has 0 saturated heterocycles. The summed E-state index contributed by atoms with van der Waals surface area (Å²) in [6, 6.07) is 17.5. The number of rotatable bonds is 8. The number of ether oxygens (including phenoxy) is 2. The van der Waals surface area contributed by atoms with Crippen molar-refractivity contribution in [2.45, 2.75) is 25.9 Å². The number of para-hydroxylation sites is 2. The Morgan fingerprint density at radius 1 is 1.04 bits per heavy atom. The van der Waals surface area contributed by atoms with Crippen LogP contribution in [-0.4, -0.2) is 25.7 Å². The molecule has 0 heterocycles. The van der Waals surface area contributed by atoms with Crippen LogP contribution in [-0.2, 0) is 11.2 Å². The van der Waals surface area contributed by atoms with Gasteiger partial charge in [0.25, 0.3) is 5.91 Å². The number of methoxy groups -OCH3 is 1. The minimum atomic E-state index is -0.567. The minimum absolute atomic E-state index is 0.121. The summed E-state index contributed by atoms with van der Waals surface area (Å²) in [4.78, 5) is 12.1. The Hall–Kier alpha value is -2.49. The van der Waals surface area contributed by atoms with E-state index >= 15 is 0 Å². The standard InChI is InChI=1S/C19H23NO3/c1-15(23-18-13-7-6-12-17(18)22-2)19(21)20-14-8-11-16-9-4-3-5-10-16/h3-7,9-10,12-13,15H,8,11,14H2,1-2H3,(H,20,21). The van der Waals surface area contributed by atoms with E-state index in [9.17, 15) is 4.79 Å². The van der Waals surface area contributed by atoms with Crippen LogP contribution in [0, 0.1) is 0 Å². The predicted molar refractivity (Wildman–Crippen MR) is 90.9 cm³/mol. The summed E-state index contributed by atoms with van der Waals surface area (Å²) >= 11 is 0. The van der Waals surface area contributed by atoms with Crippen LogP contribution in [0.3, 0.4) is 0 Å². The first-order valence-electron chi connectivity index (χ1n) is 7.82. The Bertz CT molecular complexity index is 613. The summed E-state index contributed by atoms with van der Waals surface area (Å²) in [6.07, 6.45) is 1.28.